The molecule has 0 saturated carbocycles. The van der Waals surface area contributed by atoms with Gasteiger partial charge in [0.05, 0.1) is 40.6 Å². The Morgan fingerprint density at radius 1 is 0.818 bits per heavy atom. The fourth-order valence-electron chi connectivity index (χ4n) is 3.62. The highest BCUT2D eigenvalue weighted by molar-refractivity contribution is 5.27. The lowest BCUT2D eigenvalue weighted by Crippen LogP contribution is -2.61. The second-order valence-electron chi connectivity index (χ2n) is 7.58. The van der Waals surface area contributed by atoms with Crippen molar-refractivity contribution in [2.24, 2.45) is 0 Å². The van der Waals surface area contributed by atoms with Gasteiger partial charge < -0.3 is 38.6 Å². The number of aliphatic hydroxyl groups excluding tert-OH is 2. The van der Waals surface area contributed by atoms with Gasteiger partial charge in [-0.3, -0.25) is 0 Å². The van der Waals surface area contributed by atoms with E-state index >= 15 is 0 Å². The summed E-state index contributed by atoms with van der Waals surface area (Å²) in [7, 11) is 3.21. The first kappa shape index (κ1) is 25.2. The normalized spacial score (nSPS) is 24.9. The number of hydrogen-bond acceptors (Lipinski definition) is 8. The Labute approximate surface area is 194 Å². The van der Waals surface area contributed by atoms with E-state index in [1.165, 1.54) is 0 Å². The first-order chi connectivity index (χ1) is 16.1. The molecule has 1 aliphatic heterocycles. The van der Waals surface area contributed by atoms with Gasteiger partial charge in [-0.1, -0.05) is 30.3 Å². The number of ether oxygens (including phenoxy) is 6. The van der Waals surface area contributed by atoms with Gasteiger partial charge in [-0.15, -0.1) is 6.58 Å². The fraction of sp³-hybridized carbons (Fsp3) is 0.440. The van der Waals surface area contributed by atoms with E-state index in [0.717, 1.165) is 22.6 Å². The Bertz CT molecular complexity index is 838. The smallest absolute Gasteiger partial charge is 0.184 e. The van der Waals surface area contributed by atoms with Crippen molar-refractivity contribution in [2.75, 3.05) is 27.4 Å². The van der Waals surface area contributed by atoms with Crippen molar-refractivity contribution < 1.29 is 38.6 Å². The zero-order valence-corrected chi connectivity index (χ0v) is 19.0. The van der Waals surface area contributed by atoms with Crippen molar-refractivity contribution >= 4 is 0 Å². The Balaban J connectivity index is 1.77. The van der Waals surface area contributed by atoms with Crippen LogP contribution in [0.3, 0.4) is 0 Å². The first-order valence-corrected chi connectivity index (χ1v) is 10.8. The van der Waals surface area contributed by atoms with Crippen LogP contribution >= 0.6 is 0 Å². The zero-order chi connectivity index (χ0) is 23.6. The highest BCUT2D eigenvalue weighted by atomic mass is 16.7. The maximum atomic E-state index is 10.5. The van der Waals surface area contributed by atoms with Gasteiger partial charge in [0.1, 0.15) is 35.9 Å². The van der Waals surface area contributed by atoms with E-state index < -0.39 is 30.7 Å². The molecule has 2 aromatic rings. The summed E-state index contributed by atoms with van der Waals surface area (Å²) < 4.78 is 34.1. The summed E-state index contributed by atoms with van der Waals surface area (Å²) >= 11 is 0. The molecule has 180 valence electrons. The van der Waals surface area contributed by atoms with Crippen molar-refractivity contribution in [3.05, 3.63) is 72.3 Å². The molecule has 0 unspecified atom stereocenters. The molecule has 1 heterocycles. The summed E-state index contributed by atoms with van der Waals surface area (Å²) in [4.78, 5) is 0. The van der Waals surface area contributed by atoms with Crippen molar-refractivity contribution in [1.29, 1.82) is 0 Å². The van der Waals surface area contributed by atoms with Gasteiger partial charge in [0.2, 0.25) is 0 Å². The van der Waals surface area contributed by atoms with Gasteiger partial charge in [0, 0.05) is 0 Å². The maximum absolute atomic E-state index is 10.5. The van der Waals surface area contributed by atoms with Gasteiger partial charge in [-0.05, 0) is 35.4 Å². The summed E-state index contributed by atoms with van der Waals surface area (Å²) in [5.74, 6) is 1.49. The molecule has 0 amide bonds. The molecule has 0 spiro atoms. The van der Waals surface area contributed by atoms with Crippen LogP contribution in [-0.2, 0) is 32.2 Å². The Kier molecular flexibility index (Phi) is 9.68. The average Bonchev–Trinajstić information content (AvgIpc) is 2.86. The second-order valence-corrected chi connectivity index (χ2v) is 7.58. The zero-order valence-electron chi connectivity index (χ0n) is 19.0. The molecule has 0 radical (unpaired) electrons. The second kappa shape index (κ2) is 12.7. The van der Waals surface area contributed by atoms with Crippen LogP contribution in [0.1, 0.15) is 11.1 Å². The molecule has 0 aromatic heterocycles. The molecule has 8 nitrogen and oxygen atoms in total. The molecular formula is C25H32O8. The third kappa shape index (κ3) is 6.77. The summed E-state index contributed by atoms with van der Waals surface area (Å²) in [6.45, 7) is 4.01. The quantitative estimate of drug-likeness (QED) is 0.467. The van der Waals surface area contributed by atoms with E-state index in [2.05, 4.69) is 6.58 Å². The minimum atomic E-state index is -1.29. The average molecular weight is 461 g/mol. The van der Waals surface area contributed by atoms with Crippen molar-refractivity contribution in [2.45, 2.75) is 43.9 Å². The maximum Gasteiger partial charge on any atom is 0.184 e. The lowest BCUT2D eigenvalue weighted by Gasteiger charge is -2.44. The van der Waals surface area contributed by atoms with E-state index in [-0.39, 0.29) is 26.4 Å². The van der Waals surface area contributed by atoms with Crippen LogP contribution in [0.5, 0.6) is 11.5 Å². The van der Waals surface area contributed by atoms with Crippen LogP contribution in [0.4, 0.5) is 0 Å². The third-order valence-corrected chi connectivity index (χ3v) is 5.40. The number of rotatable bonds is 12. The molecule has 5 atom stereocenters. The molecule has 1 saturated heterocycles. The van der Waals surface area contributed by atoms with E-state index in [9.17, 15) is 10.2 Å². The fourth-order valence-corrected chi connectivity index (χ4v) is 3.62. The standard InChI is InChI=1S/C25H32O8/c1-4-13-30-24-23(32-16-18-7-11-20(29-3)12-8-18)22(21(14-26)33-25(24)27)31-15-17-5-9-19(28-2)10-6-17/h4-12,21-27H,1,13-16H2,2-3H3/t21-,22-,23+,24+,25+/m1/s1. The highest BCUT2D eigenvalue weighted by Gasteiger charge is 2.47. The lowest BCUT2D eigenvalue weighted by atomic mass is 9.98. The van der Waals surface area contributed by atoms with Crippen LogP contribution in [0.25, 0.3) is 0 Å². The first-order valence-electron chi connectivity index (χ1n) is 10.8. The van der Waals surface area contributed by atoms with Crippen molar-refractivity contribution in [1.82, 2.24) is 0 Å². The van der Waals surface area contributed by atoms with Gasteiger partial charge in [0.25, 0.3) is 0 Å². The summed E-state index contributed by atoms with van der Waals surface area (Å²) in [6.07, 6.45) is -2.71. The topological polar surface area (TPSA) is 95.8 Å². The molecule has 2 aromatic carbocycles. The monoisotopic (exact) mass is 460 g/mol. The van der Waals surface area contributed by atoms with Crippen LogP contribution in [-0.4, -0.2) is 68.4 Å². The lowest BCUT2D eigenvalue weighted by molar-refractivity contribution is -0.312. The van der Waals surface area contributed by atoms with Crippen LogP contribution in [0.2, 0.25) is 0 Å². The minimum absolute atomic E-state index is 0.197. The van der Waals surface area contributed by atoms with E-state index in [4.69, 9.17) is 28.4 Å². The molecule has 2 N–H and O–H groups in total. The van der Waals surface area contributed by atoms with Crippen LogP contribution in [0.15, 0.2) is 61.2 Å². The third-order valence-electron chi connectivity index (χ3n) is 5.40. The molecule has 33 heavy (non-hydrogen) atoms. The van der Waals surface area contributed by atoms with E-state index in [1.807, 2.05) is 48.5 Å². The molecule has 3 rings (SSSR count). The summed E-state index contributed by atoms with van der Waals surface area (Å²) in [6, 6.07) is 15.0. The SMILES string of the molecule is C=CCO[C@H]1[C@@H](OCc2ccc(OC)cc2)[C@H](OCc2ccc(OC)cc2)[C@@H](CO)O[C@@H]1O. The molecule has 8 heteroatoms. The van der Waals surface area contributed by atoms with E-state index in [0.29, 0.717) is 0 Å². The number of methoxy groups -OCH3 is 2. The van der Waals surface area contributed by atoms with Crippen molar-refractivity contribution in [3.63, 3.8) is 0 Å². The predicted molar refractivity (Wildman–Crippen MR) is 121 cm³/mol. The van der Waals surface area contributed by atoms with Gasteiger partial charge in [-0.2, -0.15) is 0 Å². The highest BCUT2D eigenvalue weighted by Crippen LogP contribution is 2.29. The Hall–Kier alpha value is -2.46. The van der Waals surface area contributed by atoms with Crippen LogP contribution in [0, 0.1) is 0 Å². The van der Waals surface area contributed by atoms with E-state index in [1.54, 1.807) is 20.3 Å². The largest absolute Gasteiger partial charge is 0.497 e. The van der Waals surface area contributed by atoms with Crippen molar-refractivity contribution in [3.8, 4) is 11.5 Å². The number of benzene rings is 2. The molecule has 1 fully saturated rings. The summed E-state index contributed by atoms with van der Waals surface area (Å²) in [5.41, 5.74) is 1.82. The molecule has 0 aliphatic carbocycles. The van der Waals surface area contributed by atoms with Gasteiger partial charge >= 0.3 is 0 Å². The number of aliphatic hydroxyl groups is 2. The van der Waals surface area contributed by atoms with Crippen LogP contribution < -0.4 is 9.47 Å². The molecule has 1 aliphatic rings. The van der Waals surface area contributed by atoms with Gasteiger partial charge in [0.15, 0.2) is 6.29 Å². The molecule has 0 bridgehead atoms. The summed E-state index contributed by atoms with van der Waals surface area (Å²) in [5, 5.41) is 20.4. The number of hydrogen-bond donors (Lipinski definition) is 2. The predicted octanol–water partition coefficient (Wildman–Crippen LogP) is 2.46. The Morgan fingerprint density at radius 2 is 1.33 bits per heavy atom. The molecular weight excluding hydrogens is 428 g/mol. The minimum Gasteiger partial charge on any atom is -0.497 e. The van der Waals surface area contributed by atoms with Gasteiger partial charge in [-0.25, -0.2) is 0 Å². The Morgan fingerprint density at radius 3 is 1.79 bits per heavy atom.